The molecule has 0 fully saturated rings. The molecule has 0 radical (unpaired) electrons. The molecule has 0 amide bonds. The molecule has 7 nitrogen and oxygen atoms in total. The molecule has 0 saturated heterocycles. The topological polar surface area (TPSA) is 104 Å². The van der Waals surface area contributed by atoms with Crippen molar-refractivity contribution < 1.29 is 13.3 Å². The molecule has 0 heterocycles. The van der Waals surface area contributed by atoms with Crippen LogP contribution < -0.4 is 0 Å². The summed E-state index contributed by atoms with van der Waals surface area (Å²) in [5.74, 6) is -0.508. The van der Waals surface area contributed by atoms with E-state index >= 15 is 0 Å². The van der Waals surface area contributed by atoms with Crippen molar-refractivity contribution in [2.75, 3.05) is 13.1 Å². The van der Waals surface area contributed by atoms with Crippen molar-refractivity contribution >= 4 is 31.6 Å². The average Bonchev–Trinajstić information content (AvgIpc) is 2.43. The summed E-state index contributed by atoms with van der Waals surface area (Å²) in [6.07, 6.45) is 0. The van der Waals surface area contributed by atoms with Gasteiger partial charge in [-0.1, -0.05) is 22.9 Å². The SMILES string of the molecule is CCN(CC(C)C#N)S(=O)(=O)c1cc(Br)ccc1[N+](=O)[O-]. The van der Waals surface area contributed by atoms with Crippen LogP contribution >= 0.6 is 15.9 Å². The molecule has 1 aromatic carbocycles. The van der Waals surface area contributed by atoms with Crippen LogP contribution in [-0.2, 0) is 10.0 Å². The molecule has 0 aliphatic heterocycles. The highest BCUT2D eigenvalue weighted by atomic mass is 79.9. The van der Waals surface area contributed by atoms with Gasteiger partial charge in [0.2, 0.25) is 10.0 Å². The van der Waals surface area contributed by atoms with Gasteiger partial charge in [-0.05, 0) is 19.1 Å². The van der Waals surface area contributed by atoms with Crippen molar-refractivity contribution in [1.29, 1.82) is 5.26 Å². The molecular weight excluding hydrogens is 362 g/mol. The molecule has 21 heavy (non-hydrogen) atoms. The molecule has 1 aromatic rings. The Morgan fingerprint density at radius 2 is 2.14 bits per heavy atom. The van der Waals surface area contributed by atoms with E-state index in [0.29, 0.717) is 4.47 Å². The molecule has 114 valence electrons. The minimum absolute atomic E-state index is 0.0149. The Labute approximate surface area is 131 Å². The lowest BCUT2D eigenvalue weighted by molar-refractivity contribution is -0.387. The van der Waals surface area contributed by atoms with Gasteiger partial charge in [0.15, 0.2) is 4.90 Å². The van der Waals surface area contributed by atoms with Crippen molar-refractivity contribution in [1.82, 2.24) is 4.31 Å². The predicted molar refractivity (Wildman–Crippen MR) is 80.0 cm³/mol. The molecule has 0 N–H and O–H groups in total. The first-order valence-corrected chi connectivity index (χ1v) is 8.31. The van der Waals surface area contributed by atoms with Gasteiger partial charge in [-0.15, -0.1) is 0 Å². The molecule has 1 rings (SSSR count). The standard InChI is InChI=1S/C12H14BrN3O4S/c1-3-15(8-9(2)7-14)21(19,20)12-6-10(13)4-5-11(12)16(17)18/h4-6,9H,3,8H2,1-2H3. The third-order valence-corrected chi connectivity index (χ3v) is 5.25. The van der Waals surface area contributed by atoms with Crippen molar-refractivity contribution in [2.24, 2.45) is 5.92 Å². The van der Waals surface area contributed by atoms with Gasteiger partial charge in [0.1, 0.15) is 0 Å². The fourth-order valence-electron chi connectivity index (χ4n) is 1.73. The summed E-state index contributed by atoms with van der Waals surface area (Å²) in [6.45, 7) is 3.32. The van der Waals surface area contributed by atoms with Gasteiger partial charge in [0, 0.05) is 23.6 Å². The number of nitro benzene ring substituents is 1. The van der Waals surface area contributed by atoms with E-state index in [1.54, 1.807) is 13.8 Å². The lowest BCUT2D eigenvalue weighted by atomic mass is 10.2. The summed E-state index contributed by atoms with van der Waals surface area (Å²) >= 11 is 3.12. The number of hydrogen-bond acceptors (Lipinski definition) is 5. The molecule has 1 unspecified atom stereocenters. The van der Waals surface area contributed by atoms with Crippen LogP contribution in [0.15, 0.2) is 27.6 Å². The fourth-order valence-corrected chi connectivity index (χ4v) is 3.96. The smallest absolute Gasteiger partial charge is 0.258 e. The van der Waals surface area contributed by atoms with Crippen LogP contribution in [0, 0.1) is 27.4 Å². The van der Waals surface area contributed by atoms with Crippen molar-refractivity contribution in [3.05, 3.63) is 32.8 Å². The van der Waals surface area contributed by atoms with E-state index in [9.17, 15) is 18.5 Å². The normalized spacial score (nSPS) is 12.9. The van der Waals surface area contributed by atoms with Gasteiger partial charge in [-0.25, -0.2) is 8.42 Å². The molecule has 9 heteroatoms. The first kappa shape index (κ1) is 17.6. The minimum atomic E-state index is -4.04. The monoisotopic (exact) mass is 375 g/mol. The van der Waals surface area contributed by atoms with E-state index < -0.39 is 26.6 Å². The van der Waals surface area contributed by atoms with Gasteiger partial charge >= 0.3 is 0 Å². The second-order valence-corrected chi connectivity index (χ2v) is 7.18. The quantitative estimate of drug-likeness (QED) is 0.561. The lowest BCUT2D eigenvalue weighted by Gasteiger charge is -2.21. The predicted octanol–water partition coefficient (Wildman–Crippen LogP) is 2.53. The molecule has 0 bridgehead atoms. The Kier molecular flexibility index (Phi) is 5.83. The van der Waals surface area contributed by atoms with Crippen molar-refractivity contribution in [3.8, 4) is 6.07 Å². The van der Waals surface area contributed by atoms with E-state index in [4.69, 9.17) is 5.26 Å². The maximum absolute atomic E-state index is 12.6. The summed E-state index contributed by atoms with van der Waals surface area (Å²) in [5, 5.41) is 19.8. The van der Waals surface area contributed by atoms with E-state index in [-0.39, 0.29) is 18.0 Å². The first-order valence-electron chi connectivity index (χ1n) is 6.07. The number of nitro groups is 1. The van der Waals surface area contributed by atoms with E-state index in [1.807, 2.05) is 6.07 Å². The van der Waals surface area contributed by atoms with E-state index in [2.05, 4.69) is 15.9 Å². The zero-order valence-electron chi connectivity index (χ0n) is 11.5. The Morgan fingerprint density at radius 3 is 2.62 bits per heavy atom. The second-order valence-electron chi connectivity index (χ2n) is 4.35. The van der Waals surface area contributed by atoms with Crippen LogP contribution in [0.3, 0.4) is 0 Å². The number of benzene rings is 1. The molecule has 0 aliphatic carbocycles. The maximum atomic E-state index is 12.6. The summed E-state index contributed by atoms with van der Waals surface area (Å²) < 4.78 is 26.7. The maximum Gasteiger partial charge on any atom is 0.289 e. The van der Waals surface area contributed by atoms with Gasteiger partial charge in [0.25, 0.3) is 5.69 Å². The molecule has 0 aliphatic rings. The van der Waals surface area contributed by atoms with Crippen molar-refractivity contribution in [2.45, 2.75) is 18.7 Å². The van der Waals surface area contributed by atoms with Gasteiger partial charge in [-0.3, -0.25) is 10.1 Å². The highest BCUT2D eigenvalue weighted by Crippen LogP contribution is 2.29. The molecule has 1 atom stereocenters. The van der Waals surface area contributed by atoms with Crippen LogP contribution in [0.2, 0.25) is 0 Å². The number of nitriles is 1. The minimum Gasteiger partial charge on any atom is -0.258 e. The Balaban J connectivity index is 3.39. The van der Waals surface area contributed by atoms with Crippen LogP contribution in [0.4, 0.5) is 5.69 Å². The fraction of sp³-hybridized carbons (Fsp3) is 0.417. The number of halogens is 1. The number of hydrogen-bond donors (Lipinski definition) is 0. The highest BCUT2D eigenvalue weighted by molar-refractivity contribution is 9.10. The van der Waals surface area contributed by atoms with E-state index in [0.717, 1.165) is 10.4 Å². The average molecular weight is 376 g/mol. The third kappa shape index (κ3) is 4.00. The summed E-state index contributed by atoms with van der Waals surface area (Å²) in [6, 6.07) is 5.70. The first-order chi connectivity index (χ1) is 9.73. The highest BCUT2D eigenvalue weighted by Gasteiger charge is 2.31. The van der Waals surface area contributed by atoms with Crippen LogP contribution in [0.25, 0.3) is 0 Å². The zero-order valence-corrected chi connectivity index (χ0v) is 13.9. The summed E-state index contributed by atoms with van der Waals surface area (Å²) in [5.41, 5.74) is -0.485. The van der Waals surface area contributed by atoms with Crippen LogP contribution in [-0.4, -0.2) is 30.7 Å². The molecule has 0 spiro atoms. The number of sulfonamides is 1. The second kappa shape index (κ2) is 6.98. The molecule has 0 saturated carbocycles. The molecular formula is C12H14BrN3O4S. The Hall–Kier alpha value is -1.50. The number of rotatable bonds is 6. The Bertz CT molecular complexity index is 684. The van der Waals surface area contributed by atoms with Crippen LogP contribution in [0.5, 0.6) is 0 Å². The molecule has 0 aromatic heterocycles. The van der Waals surface area contributed by atoms with Crippen molar-refractivity contribution in [3.63, 3.8) is 0 Å². The zero-order chi connectivity index (χ0) is 16.2. The van der Waals surface area contributed by atoms with Crippen LogP contribution in [0.1, 0.15) is 13.8 Å². The third-order valence-electron chi connectivity index (χ3n) is 2.79. The summed E-state index contributed by atoms with van der Waals surface area (Å²) in [7, 11) is -4.04. The van der Waals surface area contributed by atoms with Gasteiger partial charge in [0.05, 0.1) is 16.9 Å². The van der Waals surface area contributed by atoms with Gasteiger partial charge < -0.3 is 0 Å². The Morgan fingerprint density at radius 1 is 1.52 bits per heavy atom. The summed E-state index contributed by atoms with van der Waals surface area (Å²) in [4.78, 5) is 9.91. The number of nitrogens with zero attached hydrogens (tertiary/aromatic N) is 3. The van der Waals surface area contributed by atoms with Gasteiger partial charge in [-0.2, -0.15) is 9.57 Å². The lowest BCUT2D eigenvalue weighted by Crippen LogP contribution is -2.34. The van der Waals surface area contributed by atoms with E-state index in [1.165, 1.54) is 12.1 Å². The largest absolute Gasteiger partial charge is 0.289 e.